The number of hydrogen-bond acceptors (Lipinski definition) is 18. The van der Waals surface area contributed by atoms with Gasteiger partial charge >= 0.3 is 5.97 Å². The van der Waals surface area contributed by atoms with Crippen LogP contribution in [-0.2, 0) is 57.5 Å². The van der Waals surface area contributed by atoms with Crippen LogP contribution < -0.4 is 75.3 Å². The molecular formula is C59H91N15O16S. The maximum absolute atomic E-state index is 15.4. The van der Waals surface area contributed by atoms with Gasteiger partial charge in [0.05, 0.1) is 25.4 Å². The number of rotatable bonds is 21. The SMILES string of the molecule is CC[C@H](C)[C@@H]1NC(=O)[C@@H](CCCNC(=N)N)NC(=O)[C@H](CC(C)C)NC(=O)[C@H]([C@H](O)C(C)C)NC(=O)[C@@H](NC(=O)[C@H](CC(C)C)NC(=S)Nc2ccccc2)[C@@H](c2ccccc2)OC(=O)[C@H](CO)NC(=O)[C@H]([C@H](O)C(N)=O)NC(=O)CNC(=O)[C@H]([C@H](C)O)NC1=O. The quantitative estimate of drug-likeness (QED) is 0.0188. The second kappa shape index (κ2) is 37.5. The van der Waals surface area contributed by atoms with E-state index >= 15 is 4.79 Å². The number of carbonyl (C=O) groups is 11. The lowest BCUT2D eigenvalue weighted by molar-refractivity contribution is -0.159. The fourth-order valence-electron chi connectivity index (χ4n) is 9.23. The number of hydrogen-bond donors (Lipinski definition) is 19. The zero-order valence-corrected chi connectivity index (χ0v) is 53.3. The van der Waals surface area contributed by atoms with Crippen LogP contribution in [0.2, 0.25) is 0 Å². The maximum atomic E-state index is 15.4. The second-order valence-corrected chi connectivity index (χ2v) is 23.7. The van der Waals surface area contributed by atoms with Crippen LogP contribution in [0.1, 0.15) is 106 Å². The van der Waals surface area contributed by atoms with E-state index < -0.39 is 175 Å². The van der Waals surface area contributed by atoms with Crippen molar-refractivity contribution in [3.63, 3.8) is 0 Å². The number of para-hydroxylation sites is 1. The van der Waals surface area contributed by atoms with Gasteiger partial charge in [0.25, 0.3) is 0 Å². The minimum Gasteiger partial charge on any atom is -0.453 e. The van der Waals surface area contributed by atoms with E-state index in [1.54, 1.807) is 77.9 Å². The molecule has 21 N–H and O–H groups in total. The number of amides is 10. The first-order chi connectivity index (χ1) is 42.8. The fourth-order valence-corrected chi connectivity index (χ4v) is 9.49. The highest BCUT2D eigenvalue weighted by Gasteiger charge is 2.43. The number of aliphatic hydroxyl groups is 4. The molecule has 0 spiro atoms. The Morgan fingerprint density at radius 3 is 1.78 bits per heavy atom. The Hall–Kier alpha value is -8.59. The normalized spacial score (nSPS) is 24.0. The summed E-state index contributed by atoms with van der Waals surface area (Å²) in [6.07, 6.45) is -7.98. The van der Waals surface area contributed by atoms with Crippen LogP contribution in [0, 0.1) is 29.1 Å². The number of esters is 1. The van der Waals surface area contributed by atoms with Crippen molar-refractivity contribution in [1.82, 2.24) is 58.5 Å². The number of primary amides is 1. The van der Waals surface area contributed by atoms with Crippen LogP contribution in [-0.4, -0.2) is 189 Å². The third-order valence-corrected chi connectivity index (χ3v) is 14.7. The van der Waals surface area contributed by atoms with Crippen LogP contribution in [0.4, 0.5) is 5.69 Å². The molecule has 0 aromatic heterocycles. The third-order valence-electron chi connectivity index (χ3n) is 14.4. The van der Waals surface area contributed by atoms with Gasteiger partial charge in [-0.05, 0) is 86.2 Å². The average molecular weight is 1300 g/mol. The summed E-state index contributed by atoms with van der Waals surface area (Å²) in [5.41, 5.74) is 11.4. The van der Waals surface area contributed by atoms with Gasteiger partial charge in [-0.1, -0.05) is 110 Å². The molecule has 32 heteroatoms. The highest BCUT2D eigenvalue weighted by molar-refractivity contribution is 7.80. The lowest BCUT2D eigenvalue weighted by Crippen LogP contribution is -2.64. The summed E-state index contributed by atoms with van der Waals surface area (Å²) in [5, 5.41) is 81.9. The number of cyclic esters (lactones) is 1. The molecule has 3 rings (SSSR count). The Balaban J connectivity index is 2.40. The number of carbonyl (C=O) groups excluding carboxylic acids is 11. The van der Waals surface area contributed by atoms with Crippen molar-refractivity contribution in [2.45, 2.75) is 173 Å². The summed E-state index contributed by atoms with van der Waals surface area (Å²) in [7, 11) is 0. The number of thiocarbonyl (C=S) groups is 1. The van der Waals surface area contributed by atoms with E-state index in [2.05, 4.69) is 58.5 Å². The van der Waals surface area contributed by atoms with Gasteiger partial charge in [0.15, 0.2) is 29.3 Å². The Morgan fingerprint density at radius 2 is 1.23 bits per heavy atom. The van der Waals surface area contributed by atoms with Gasteiger partial charge in [0.1, 0.15) is 48.3 Å². The molecule has 0 bridgehead atoms. The molecule has 504 valence electrons. The van der Waals surface area contributed by atoms with E-state index in [1.807, 2.05) is 5.32 Å². The van der Waals surface area contributed by atoms with Crippen molar-refractivity contribution >= 4 is 94.0 Å². The van der Waals surface area contributed by atoms with Gasteiger partial charge in [-0.2, -0.15) is 0 Å². The molecule has 0 aliphatic carbocycles. The van der Waals surface area contributed by atoms with Crippen LogP contribution in [0.25, 0.3) is 0 Å². The number of benzene rings is 2. The number of aliphatic hydroxyl groups excluding tert-OH is 4. The van der Waals surface area contributed by atoms with Crippen molar-refractivity contribution in [2.24, 2.45) is 35.1 Å². The molecule has 2 aromatic carbocycles. The number of nitrogens with two attached hydrogens (primary N) is 2. The molecule has 0 radical (unpaired) electrons. The van der Waals surface area contributed by atoms with Crippen molar-refractivity contribution in [2.75, 3.05) is 25.0 Å². The zero-order chi connectivity index (χ0) is 68.4. The Kier molecular flexibility index (Phi) is 31.6. The molecule has 0 saturated carbocycles. The fraction of sp³-hybridized carbons (Fsp3) is 0.576. The molecule has 1 saturated heterocycles. The van der Waals surface area contributed by atoms with Gasteiger partial charge in [0.2, 0.25) is 59.1 Å². The first kappa shape index (κ1) is 76.7. The van der Waals surface area contributed by atoms with Crippen molar-refractivity contribution in [3.8, 4) is 0 Å². The number of anilines is 1. The maximum Gasteiger partial charge on any atom is 0.331 e. The smallest absolute Gasteiger partial charge is 0.331 e. The average Bonchev–Trinajstić information content (AvgIpc) is 1.15. The minimum absolute atomic E-state index is 0.0231. The number of guanidine groups is 1. The highest BCUT2D eigenvalue weighted by Crippen LogP contribution is 2.25. The van der Waals surface area contributed by atoms with E-state index in [0.717, 1.165) is 6.92 Å². The van der Waals surface area contributed by atoms with Gasteiger partial charge in [-0.25, -0.2) is 4.79 Å². The topological polar surface area (TPSA) is 498 Å². The Bertz CT molecular complexity index is 2840. The molecule has 31 nitrogen and oxygen atoms in total. The standard InChI is InChI=1S/C59H91N15O16S/c1-10-31(8)40-53(85)72-41(32(9)76)52(84)64-26-39(77)70-43(46(79)48(60)80)55(87)68-38(27-75)57(89)90-47(33-18-13-11-14-19-33)44(74-51(83)37(25-29(4)5)69-59(91)65-34-20-15-12-16-21-34)56(88)73-42(45(78)30(6)7)54(86)67-36(24-28(2)3)50(82)66-35(49(81)71-40)22-17-23-63-58(61)62/h11-16,18-21,28-32,35-38,40-47,75-76,78-79H,10,17,22-27H2,1-9H3,(H2,60,80)(H,64,84)(H,66,82)(H,67,86)(H,68,87)(H,70,77)(H,71,81)(H,72,85)(H,73,88)(H,74,83)(H4,61,62,63)(H2,65,69,91)/t31-,32-,35+,36-,37-,38-,40-,41-,42-,43-,44-,45+,46-,47+/m0/s1. The van der Waals surface area contributed by atoms with Crippen LogP contribution in [0.5, 0.6) is 0 Å². The summed E-state index contributed by atoms with van der Waals surface area (Å²) in [4.78, 5) is 157. The van der Waals surface area contributed by atoms with Gasteiger partial charge < -0.3 is 100 Å². The van der Waals surface area contributed by atoms with Gasteiger partial charge in [-0.15, -0.1) is 0 Å². The molecule has 14 atom stereocenters. The molecule has 10 amide bonds. The summed E-state index contributed by atoms with van der Waals surface area (Å²) in [6, 6.07) is -0.501. The zero-order valence-electron chi connectivity index (χ0n) is 52.5. The molecule has 1 aliphatic rings. The first-order valence-corrected chi connectivity index (χ1v) is 30.3. The lowest BCUT2D eigenvalue weighted by atomic mass is 9.95. The molecule has 0 unspecified atom stereocenters. The summed E-state index contributed by atoms with van der Waals surface area (Å²) < 4.78 is 5.97. The van der Waals surface area contributed by atoms with Gasteiger partial charge in [0, 0.05) is 12.2 Å². The monoisotopic (exact) mass is 1300 g/mol. The van der Waals surface area contributed by atoms with Crippen LogP contribution in [0.15, 0.2) is 60.7 Å². The molecule has 2 aromatic rings. The molecule has 1 fully saturated rings. The van der Waals surface area contributed by atoms with E-state index in [9.17, 15) is 68.4 Å². The van der Waals surface area contributed by atoms with Crippen molar-refractivity contribution in [3.05, 3.63) is 66.2 Å². The predicted octanol–water partition coefficient (Wildman–Crippen LogP) is -3.73. The second-order valence-electron chi connectivity index (χ2n) is 23.3. The highest BCUT2D eigenvalue weighted by atomic mass is 32.1. The van der Waals surface area contributed by atoms with Gasteiger partial charge in [-0.3, -0.25) is 53.4 Å². The Labute approximate surface area is 533 Å². The Morgan fingerprint density at radius 1 is 0.681 bits per heavy atom. The lowest BCUT2D eigenvalue weighted by Gasteiger charge is -2.34. The largest absolute Gasteiger partial charge is 0.453 e. The van der Waals surface area contributed by atoms with E-state index in [1.165, 1.54) is 38.1 Å². The predicted molar refractivity (Wildman–Crippen MR) is 336 cm³/mol. The van der Waals surface area contributed by atoms with E-state index in [-0.39, 0.29) is 61.2 Å². The number of ether oxygens (including phenoxy) is 1. The summed E-state index contributed by atoms with van der Waals surface area (Å²) >= 11 is 5.60. The molecule has 1 heterocycles. The third kappa shape index (κ3) is 25.0. The summed E-state index contributed by atoms with van der Waals surface area (Å²) in [5.74, 6) is -16.1. The minimum atomic E-state index is -2.56. The van der Waals surface area contributed by atoms with Crippen LogP contribution in [0.3, 0.4) is 0 Å². The van der Waals surface area contributed by atoms with E-state index in [4.69, 9.17) is 33.8 Å². The molecule has 1 aliphatic heterocycles. The summed E-state index contributed by atoms with van der Waals surface area (Å²) in [6.45, 7) is 12.0. The molecule has 91 heavy (non-hydrogen) atoms. The molecular weight excluding hydrogens is 1210 g/mol. The van der Waals surface area contributed by atoms with Crippen molar-refractivity contribution in [1.29, 1.82) is 5.41 Å². The first-order valence-electron chi connectivity index (χ1n) is 29.9. The van der Waals surface area contributed by atoms with Crippen LogP contribution >= 0.6 is 12.2 Å². The number of nitrogens with one attached hydrogen (secondary N) is 13. The van der Waals surface area contributed by atoms with E-state index in [0.29, 0.717) is 5.69 Å². The van der Waals surface area contributed by atoms with Crippen molar-refractivity contribution < 1.29 is 77.9 Å².